The van der Waals surface area contributed by atoms with E-state index in [4.69, 9.17) is 9.47 Å². The van der Waals surface area contributed by atoms with E-state index in [0.29, 0.717) is 12.5 Å². The molecule has 2 atom stereocenters. The van der Waals surface area contributed by atoms with Gasteiger partial charge in [0, 0.05) is 0 Å². The maximum absolute atomic E-state index is 10.0. The summed E-state index contributed by atoms with van der Waals surface area (Å²) in [6, 6.07) is 6.07. The van der Waals surface area contributed by atoms with Gasteiger partial charge in [-0.15, -0.1) is 0 Å². The summed E-state index contributed by atoms with van der Waals surface area (Å²) >= 11 is 0. The second-order valence-corrected chi connectivity index (χ2v) is 5.23. The van der Waals surface area contributed by atoms with Crippen LogP contribution in [0.5, 0.6) is 11.5 Å². The third kappa shape index (κ3) is 3.63. The topological polar surface area (TPSA) is 38.7 Å². The highest BCUT2D eigenvalue weighted by Gasteiger charge is 2.23. The lowest BCUT2D eigenvalue weighted by Crippen LogP contribution is -2.26. The molecule has 1 aromatic rings. The summed E-state index contributed by atoms with van der Waals surface area (Å²) in [4.78, 5) is 0. The first kappa shape index (κ1) is 14.2. The first-order chi connectivity index (χ1) is 9.24. The van der Waals surface area contributed by atoms with E-state index < -0.39 is 0 Å². The lowest BCUT2D eigenvalue weighted by molar-refractivity contribution is 0.0700. The van der Waals surface area contributed by atoms with Crippen molar-refractivity contribution in [2.24, 2.45) is 5.92 Å². The standard InChI is InChI=1S/C16H24O3/c1-3-19-16-11-12(8-9-15(16)18-2)10-13-6-4-5-7-14(13)17/h8-9,11,13-14,17H,3-7,10H2,1-2H3. The normalized spacial score (nSPS) is 23.1. The molecule has 3 heteroatoms. The van der Waals surface area contributed by atoms with Crippen molar-refractivity contribution in [2.45, 2.75) is 45.1 Å². The van der Waals surface area contributed by atoms with Gasteiger partial charge in [0.1, 0.15) is 0 Å². The Morgan fingerprint density at radius 1 is 1.21 bits per heavy atom. The number of ether oxygens (including phenoxy) is 2. The molecule has 2 rings (SSSR count). The fraction of sp³-hybridized carbons (Fsp3) is 0.625. The van der Waals surface area contributed by atoms with E-state index in [0.717, 1.165) is 37.2 Å². The molecule has 0 aliphatic heterocycles. The molecule has 0 radical (unpaired) electrons. The highest BCUT2D eigenvalue weighted by molar-refractivity contribution is 5.43. The van der Waals surface area contributed by atoms with Crippen LogP contribution in [0.2, 0.25) is 0 Å². The quantitative estimate of drug-likeness (QED) is 0.887. The molecule has 0 bridgehead atoms. The molecule has 1 saturated carbocycles. The molecule has 1 fully saturated rings. The van der Waals surface area contributed by atoms with Crippen LogP contribution in [0, 0.1) is 5.92 Å². The third-order valence-electron chi connectivity index (χ3n) is 3.89. The maximum atomic E-state index is 10.0. The molecule has 106 valence electrons. The Labute approximate surface area is 115 Å². The van der Waals surface area contributed by atoms with Crippen LogP contribution in [0.1, 0.15) is 38.2 Å². The van der Waals surface area contributed by atoms with Crippen LogP contribution < -0.4 is 9.47 Å². The van der Waals surface area contributed by atoms with Gasteiger partial charge in [-0.05, 0) is 49.8 Å². The lowest BCUT2D eigenvalue weighted by Gasteiger charge is -2.27. The zero-order valence-electron chi connectivity index (χ0n) is 11.9. The van der Waals surface area contributed by atoms with E-state index in [9.17, 15) is 5.11 Å². The maximum Gasteiger partial charge on any atom is 0.161 e. The first-order valence-corrected chi connectivity index (χ1v) is 7.22. The monoisotopic (exact) mass is 264 g/mol. The molecular weight excluding hydrogens is 240 g/mol. The number of hydrogen-bond acceptors (Lipinski definition) is 3. The summed E-state index contributed by atoms with van der Waals surface area (Å²) in [5.41, 5.74) is 1.22. The van der Waals surface area contributed by atoms with Crippen molar-refractivity contribution in [2.75, 3.05) is 13.7 Å². The number of aliphatic hydroxyl groups excluding tert-OH is 1. The largest absolute Gasteiger partial charge is 0.493 e. The average molecular weight is 264 g/mol. The summed E-state index contributed by atoms with van der Waals surface area (Å²) in [6.07, 6.45) is 5.23. The molecular formula is C16H24O3. The Morgan fingerprint density at radius 2 is 2.00 bits per heavy atom. The van der Waals surface area contributed by atoms with Gasteiger partial charge in [-0.3, -0.25) is 0 Å². The minimum absolute atomic E-state index is 0.147. The minimum atomic E-state index is -0.147. The van der Waals surface area contributed by atoms with Gasteiger partial charge in [-0.25, -0.2) is 0 Å². The SMILES string of the molecule is CCOc1cc(CC2CCCCC2O)ccc1OC. The molecule has 2 unspecified atom stereocenters. The second-order valence-electron chi connectivity index (χ2n) is 5.23. The van der Waals surface area contributed by atoms with Gasteiger partial charge in [0.15, 0.2) is 11.5 Å². The molecule has 0 spiro atoms. The lowest BCUT2D eigenvalue weighted by atomic mass is 9.82. The minimum Gasteiger partial charge on any atom is -0.493 e. The summed E-state index contributed by atoms with van der Waals surface area (Å²) < 4.78 is 10.9. The number of aliphatic hydroxyl groups is 1. The molecule has 0 aromatic heterocycles. The number of methoxy groups -OCH3 is 1. The number of hydrogen-bond donors (Lipinski definition) is 1. The van der Waals surface area contributed by atoms with E-state index in [1.807, 2.05) is 19.1 Å². The Morgan fingerprint density at radius 3 is 2.68 bits per heavy atom. The van der Waals surface area contributed by atoms with Crippen LogP contribution in [-0.2, 0) is 6.42 Å². The van der Waals surface area contributed by atoms with Crippen molar-refractivity contribution in [3.8, 4) is 11.5 Å². The van der Waals surface area contributed by atoms with Gasteiger partial charge in [-0.2, -0.15) is 0 Å². The fourth-order valence-electron chi connectivity index (χ4n) is 2.85. The van der Waals surface area contributed by atoms with E-state index in [1.54, 1.807) is 7.11 Å². The predicted octanol–water partition coefficient (Wildman–Crippen LogP) is 3.19. The summed E-state index contributed by atoms with van der Waals surface area (Å²) in [7, 11) is 1.66. The van der Waals surface area contributed by atoms with Gasteiger partial charge < -0.3 is 14.6 Å². The van der Waals surface area contributed by atoms with Crippen molar-refractivity contribution in [1.29, 1.82) is 0 Å². The highest BCUT2D eigenvalue weighted by atomic mass is 16.5. The van der Waals surface area contributed by atoms with Gasteiger partial charge in [-0.1, -0.05) is 18.9 Å². The van der Waals surface area contributed by atoms with Crippen molar-refractivity contribution in [1.82, 2.24) is 0 Å². The molecule has 3 nitrogen and oxygen atoms in total. The Hall–Kier alpha value is -1.22. The third-order valence-corrected chi connectivity index (χ3v) is 3.89. The Kier molecular flexibility index (Phi) is 5.08. The van der Waals surface area contributed by atoms with Crippen LogP contribution >= 0.6 is 0 Å². The summed E-state index contributed by atoms with van der Waals surface area (Å²) in [5.74, 6) is 1.96. The van der Waals surface area contributed by atoms with E-state index in [-0.39, 0.29) is 6.10 Å². The Balaban J connectivity index is 2.09. The number of benzene rings is 1. The number of rotatable bonds is 5. The molecule has 19 heavy (non-hydrogen) atoms. The van der Waals surface area contributed by atoms with Gasteiger partial charge in [0.05, 0.1) is 19.8 Å². The molecule has 0 heterocycles. The van der Waals surface area contributed by atoms with Crippen LogP contribution in [0.3, 0.4) is 0 Å². The van der Waals surface area contributed by atoms with Crippen molar-refractivity contribution >= 4 is 0 Å². The van der Waals surface area contributed by atoms with Crippen molar-refractivity contribution < 1.29 is 14.6 Å². The van der Waals surface area contributed by atoms with Gasteiger partial charge in [0.25, 0.3) is 0 Å². The van der Waals surface area contributed by atoms with Gasteiger partial charge in [0.2, 0.25) is 0 Å². The van der Waals surface area contributed by atoms with Gasteiger partial charge >= 0.3 is 0 Å². The van der Waals surface area contributed by atoms with Crippen LogP contribution in [0.4, 0.5) is 0 Å². The van der Waals surface area contributed by atoms with Crippen molar-refractivity contribution in [3.05, 3.63) is 23.8 Å². The van der Waals surface area contributed by atoms with E-state index >= 15 is 0 Å². The zero-order chi connectivity index (χ0) is 13.7. The van der Waals surface area contributed by atoms with Crippen LogP contribution in [-0.4, -0.2) is 24.9 Å². The molecule has 1 aliphatic rings. The van der Waals surface area contributed by atoms with Crippen molar-refractivity contribution in [3.63, 3.8) is 0 Å². The molecule has 1 aromatic carbocycles. The van der Waals surface area contributed by atoms with Crippen LogP contribution in [0.25, 0.3) is 0 Å². The smallest absolute Gasteiger partial charge is 0.161 e. The second kappa shape index (κ2) is 6.80. The van der Waals surface area contributed by atoms with Crippen LogP contribution in [0.15, 0.2) is 18.2 Å². The highest BCUT2D eigenvalue weighted by Crippen LogP contribution is 2.32. The fourth-order valence-corrected chi connectivity index (χ4v) is 2.85. The molecule has 1 N–H and O–H groups in total. The predicted molar refractivity (Wildman–Crippen MR) is 75.8 cm³/mol. The van der Waals surface area contributed by atoms with E-state index in [1.165, 1.54) is 12.0 Å². The molecule has 0 amide bonds. The Bertz CT molecular complexity index is 403. The molecule has 1 aliphatic carbocycles. The van der Waals surface area contributed by atoms with E-state index in [2.05, 4.69) is 6.07 Å². The zero-order valence-corrected chi connectivity index (χ0v) is 11.9. The molecule has 0 saturated heterocycles. The first-order valence-electron chi connectivity index (χ1n) is 7.22. The summed E-state index contributed by atoms with van der Waals surface area (Å²) in [6.45, 7) is 2.60. The average Bonchev–Trinajstić information content (AvgIpc) is 2.42. The summed E-state index contributed by atoms with van der Waals surface area (Å²) in [5, 5.41) is 10.0.